The molecule has 1 amide bonds. The standard InChI is InChI=1S/C45H53N7O4S/c1-28-33(19-47-52(28)27-44-22-42(2)21-43(3,23-44)25-45(24-42,26-44)56-5)31-12-13-37(49-38(31)40(54)55)51-16-14-30-17-29(9-8-15-46-4)18-32(34(30)20-51)39(53)50-41-48-35-10-6-7-11-36(35)57-41/h6-7,10-13,17-19,46H,8-9,14-16,20-27H2,1-5H3,(H,54,55)(H,48,50,53). The molecule has 2 atom stereocenters. The van der Waals surface area contributed by atoms with Crippen molar-refractivity contribution in [3.63, 3.8) is 0 Å². The summed E-state index contributed by atoms with van der Waals surface area (Å²) in [4.78, 5) is 38.5. The third kappa shape index (κ3) is 6.93. The first kappa shape index (κ1) is 37.9. The number of nitrogens with zero attached hydrogens (tertiary/aromatic N) is 5. The molecule has 2 aromatic carbocycles. The number of hydrogen-bond acceptors (Lipinski definition) is 9. The second kappa shape index (κ2) is 14.0. The summed E-state index contributed by atoms with van der Waals surface area (Å²) >= 11 is 1.46. The van der Waals surface area contributed by atoms with Crippen LogP contribution in [0.5, 0.6) is 0 Å². The molecule has 4 saturated carbocycles. The number of aryl methyl sites for hydroxylation is 1. The fraction of sp³-hybridized carbons (Fsp3) is 0.489. The number of amides is 1. The minimum atomic E-state index is -1.08. The van der Waals surface area contributed by atoms with Crippen LogP contribution in [0.25, 0.3) is 21.3 Å². The second-order valence-electron chi connectivity index (χ2n) is 18.3. The highest BCUT2D eigenvalue weighted by atomic mass is 32.1. The Bertz CT molecular complexity index is 2350. The number of fused-ring (bicyclic) bond motifs is 2. The zero-order chi connectivity index (χ0) is 39.7. The van der Waals surface area contributed by atoms with Gasteiger partial charge in [0.1, 0.15) is 5.82 Å². The van der Waals surface area contributed by atoms with Crippen LogP contribution in [-0.4, -0.2) is 69.6 Å². The van der Waals surface area contributed by atoms with E-state index >= 15 is 0 Å². The predicted octanol–water partition coefficient (Wildman–Crippen LogP) is 8.29. The minimum Gasteiger partial charge on any atom is -0.476 e. The van der Waals surface area contributed by atoms with Gasteiger partial charge in [-0.2, -0.15) is 5.10 Å². The first-order valence-electron chi connectivity index (χ1n) is 20.3. The monoisotopic (exact) mass is 787 g/mol. The van der Waals surface area contributed by atoms with Crippen molar-refractivity contribution in [1.82, 2.24) is 25.1 Å². The van der Waals surface area contributed by atoms with Gasteiger partial charge in [-0.25, -0.2) is 14.8 Å². The zero-order valence-corrected chi connectivity index (χ0v) is 34.5. The van der Waals surface area contributed by atoms with Crippen molar-refractivity contribution in [3.05, 3.63) is 88.4 Å². The molecule has 10 rings (SSSR count). The molecule has 5 aliphatic rings. The lowest BCUT2D eigenvalue weighted by atomic mass is 9.39. The number of aromatic carboxylic acids is 1. The molecule has 4 bridgehead atoms. The number of thiazole rings is 1. The van der Waals surface area contributed by atoms with Gasteiger partial charge in [0.2, 0.25) is 0 Å². The maximum atomic E-state index is 14.0. The Kier molecular flexibility index (Phi) is 9.32. The maximum Gasteiger partial charge on any atom is 0.355 e. The molecule has 298 valence electrons. The number of rotatable bonds is 12. The van der Waals surface area contributed by atoms with Crippen LogP contribution < -0.4 is 15.5 Å². The molecule has 5 aromatic rings. The van der Waals surface area contributed by atoms with Gasteiger partial charge < -0.3 is 20.1 Å². The van der Waals surface area contributed by atoms with Crippen molar-refractivity contribution in [2.75, 3.05) is 37.5 Å². The number of hydrogen-bond donors (Lipinski definition) is 3. The van der Waals surface area contributed by atoms with Crippen molar-refractivity contribution in [3.8, 4) is 11.1 Å². The predicted molar refractivity (Wildman–Crippen MR) is 224 cm³/mol. The average molecular weight is 788 g/mol. The third-order valence-corrected chi connectivity index (χ3v) is 14.4. The highest BCUT2D eigenvalue weighted by molar-refractivity contribution is 7.22. The Balaban J connectivity index is 0.993. The number of carboxylic acid groups (broad SMARTS) is 1. The largest absolute Gasteiger partial charge is 0.476 e. The summed E-state index contributed by atoms with van der Waals surface area (Å²) in [5, 5.41) is 22.3. The van der Waals surface area contributed by atoms with Gasteiger partial charge in [-0.05, 0) is 142 Å². The molecule has 4 heterocycles. The number of carbonyl (C=O) groups excluding carboxylic acids is 1. The molecule has 3 aromatic heterocycles. The molecule has 11 nitrogen and oxygen atoms in total. The van der Waals surface area contributed by atoms with Crippen molar-refractivity contribution < 1.29 is 19.4 Å². The Morgan fingerprint density at radius 3 is 2.51 bits per heavy atom. The van der Waals surface area contributed by atoms with E-state index < -0.39 is 5.97 Å². The fourth-order valence-corrected chi connectivity index (χ4v) is 13.1. The lowest BCUT2D eigenvalue weighted by Gasteiger charge is -2.69. The molecule has 4 fully saturated rings. The summed E-state index contributed by atoms with van der Waals surface area (Å²) < 4.78 is 9.43. The van der Waals surface area contributed by atoms with Crippen LogP contribution in [0.15, 0.2) is 54.7 Å². The van der Waals surface area contributed by atoms with Crippen LogP contribution in [-0.2, 0) is 30.7 Å². The number of carboxylic acids is 1. The van der Waals surface area contributed by atoms with E-state index in [4.69, 9.17) is 14.8 Å². The van der Waals surface area contributed by atoms with Crippen molar-refractivity contribution in [2.45, 2.75) is 97.2 Å². The van der Waals surface area contributed by atoms with Gasteiger partial charge in [0.15, 0.2) is 10.8 Å². The summed E-state index contributed by atoms with van der Waals surface area (Å²) in [6, 6.07) is 15.9. The third-order valence-electron chi connectivity index (χ3n) is 13.4. The SMILES string of the molecule is CNCCCc1cc2c(c(C(=O)Nc3nc4ccccc4s3)c1)CN(c1ccc(-c3cnn(CC45CC6(C)CC(C)(C4)CC(OC)(C6)C5)c3C)c(C(=O)O)n1)CC2. The quantitative estimate of drug-likeness (QED) is 0.107. The number of ether oxygens (including phenoxy) is 1. The summed E-state index contributed by atoms with van der Waals surface area (Å²) in [7, 11) is 3.84. The normalized spacial score (nSPS) is 26.2. The van der Waals surface area contributed by atoms with Gasteiger partial charge in [0, 0.05) is 49.1 Å². The molecule has 57 heavy (non-hydrogen) atoms. The molecular weight excluding hydrogens is 735 g/mol. The van der Waals surface area contributed by atoms with Crippen LogP contribution >= 0.6 is 11.3 Å². The van der Waals surface area contributed by atoms with Crippen molar-refractivity contribution >= 4 is 44.4 Å². The maximum absolute atomic E-state index is 14.0. The van der Waals surface area contributed by atoms with Gasteiger partial charge >= 0.3 is 5.97 Å². The summed E-state index contributed by atoms with van der Waals surface area (Å²) in [5.74, 6) is -0.705. The molecule has 1 aliphatic heterocycles. The summed E-state index contributed by atoms with van der Waals surface area (Å²) in [6.07, 6.45) is 11.2. The molecule has 0 spiro atoms. The van der Waals surface area contributed by atoms with Crippen LogP contribution in [0.1, 0.15) is 102 Å². The number of anilines is 2. The van der Waals surface area contributed by atoms with Gasteiger partial charge in [0.25, 0.3) is 5.91 Å². The van der Waals surface area contributed by atoms with E-state index in [-0.39, 0.29) is 33.4 Å². The fourth-order valence-electron chi connectivity index (χ4n) is 12.2. The van der Waals surface area contributed by atoms with E-state index in [0.29, 0.717) is 41.6 Å². The first-order chi connectivity index (χ1) is 27.3. The summed E-state index contributed by atoms with van der Waals surface area (Å²) in [6.45, 7) is 9.71. The number of para-hydroxylation sites is 1. The van der Waals surface area contributed by atoms with E-state index in [1.165, 1.54) is 17.8 Å². The number of nitrogens with one attached hydrogen (secondary N) is 2. The zero-order valence-electron chi connectivity index (χ0n) is 33.7. The highest BCUT2D eigenvalue weighted by Crippen LogP contribution is 2.72. The molecule has 0 radical (unpaired) electrons. The molecular formula is C45H53N7O4S. The van der Waals surface area contributed by atoms with E-state index in [0.717, 1.165) is 96.2 Å². The number of aromatic nitrogens is 4. The molecule has 4 aliphatic carbocycles. The Labute approximate surface area is 338 Å². The van der Waals surface area contributed by atoms with E-state index in [9.17, 15) is 14.7 Å². The molecule has 2 unspecified atom stereocenters. The lowest BCUT2D eigenvalue weighted by molar-refractivity contribution is -0.239. The molecule has 12 heteroatoms. The van der Waals surface area contributed by atoms with Gasteiger partial charge in [-0.15, -0.1) is 0 Å². The van der Waals surface area contributed by atoms with Crippen LogP contribution in [0, 0.1) is 23.2 Å². The van der Waals surface area contributed by atoms with Gasteiger partial charge in [-0.1, -0.05) is 43.4 Å². The molecule has 3 N–H and O–H groups in total. The number of benzene rings is 2. The van der Waals surface area contributed by atoms with Crippen LogP contribution in [0.3, 0.4) is 0 Å². The minimum absolute atomic E-state index is 0.00259. The van der Waals surface area contributed by atoms with Gasteiger partial charge in [0.05, 0.1) is 22.0 Å². The molecule has 0 saturated heterocycles. The van der Waals surface area contributed by atoms with E-state index in [1.807, 2.05) is 69.7 Å². The van der Waals surface area contributed by atoms with Crippen molar-refractivity contribution in [1.29, 1.82) is 0 Å². The smallest absolute Gasteiger partial charge is 0.355 e. The Morgan fingerprint density at radius 1 is 0.982 bits per heavy atom. The average Bonchev–Trinajstić information content (AvgIpc) is 3.74. The Morgan fingerprint density at radius 2 is 1.77 bits per heavy atom. The van der Waals surface area contributed by atoms with E-state index in [2.05, 4.69) is 45.1 Å². The first-order valence-corrected chi connectivity index (χ1v) is 21.2. The topological polar surface area (TPSA) is 135 Å². The number of pyridine rings is 1. The Hall–Kier alpha value is -4.65. The van der Waals surface area contributed by atoms with Crippen LogP contribution in [0.2, 0.25) is 0 Å². The van der Waals surface area contributed by atoms with Gasteiger partial charge in [-0.3, -0.25) is 14.8 Å². The van der Waals surface area contributed by atoms with Crippen LogP contribution in [0.4, 0.5) is 10.9 Å². The van der Waals surface area contributed by atoms with Crippen molar-refractivity contribution in [2.24, 2.45) is 16.2 Å². The number of carbonyl (C=O) groups is 2. The number of methoxy groups -OCH3 is 1. The second-order valence-corrected chi connectivity index (χ2v) is 19.4. The summed E-state index contributed by atoms with van der Waals surface area (Å²) in [5.41, 5.74) is 7.48. The van der Waals surface area contributed by atoms with E-state index in [1.54, 1.807) is 0 Å². The highest BCUT2D eigenvalue weighted by Gasteiger charge is 2.66. The lowest BCUT2D eigenvalue weighted by Crippen LogP contribution is -2.64.